The number of hydrogen-bond donors (Lipinski definition) is 0. The normalized spacial score (nSPS) is 18.6. The van der Waals surface area contributed by atoms with Gasteiger partial charge < -0.3 is 9.64 Å². The van der Waals surface area contributed by atoms with Crippen molar-refractivity contribution in [1.82, 2.24) is 19.3 Å². The molecule has 0 spiro atoms. The zero-order chi connectivity index (χ0) is 22.6. The molecular formula is C25H30N4O3. The molecule has 4 rings (SSSR count). The van der Waals surface area contributed by atoms with Crippen LogP contribution in [0.5, 0.6) is 0 Å². The van der Waals surface area contributed by atoms with E-state index in [0.29, 0.717) is 43.3 Å². The van der Waals surface area contributed by atoms with Crippen LogP contribution < -0.4 is 0 Å². The number of hydrogen-bond acceptors (Lipinski definition) is 5. The van der Waals surface area contributed by atoms with Crippen molar-refractivity contribution < 1.29 is 14.3 Å². The van der Waals surface area contributed by atoms with E-state index in [1.807, 2.05) is 32.0 Å². The second-order valence-electron chi connectivity index (χ2n) is 8.51. The summed E-state index contributed by atoms with van der Waals surface area (Å²) in [6, 6.07) is 12.1. The third-order valence-corrected chi connectivity index (χ3v) is 6.32. The fourth-order valence-corrected chi connectivity index (χ4v) is 4.74. The molecule has 1 unspecified atom stereocenters. The largest absolute Gasteiger partial charge is 0.466 e. The lowest BCUT2D eigenvalue weighted by molar-refractivity contribution is -0.159. The number of carbonyl (C=O) groups is 2. The molecule has 0 N–H and O–H groups in total. The molecule has 7 heteroatoms. The molecule has 7 nitrogen and oxygen atoms in total. The van der Waals surface area contributed by atoms with E-state index >= 15 is 0 Å². The Morgan fingerprint density at radius 3 is 2.78 bits per heavy atom. The topological polar surface area (TPSA) is 76.8 Å². The molecule has 32 heavy (non-hydrogen) atoms. The van der Waals surface area contributed by atoms with Crippen molar-refractivity contribution in [2.24, 2.45) is 5.41 Å². The first-order valence-corrected chi connectivity index (χ1v) is 11.3. The summed E-state index contributed by atoms with van der Waals surface area (Å²) in [5.74, 6) is 0.200. The molecule has 1 aliphatic heterocycles. The summed E-state index contributed by atoms with van der Waals surface area (Å²) in [7, 11) is 0. The predicted molar refractivity (Wildman–Crippen MR) is 121 cm³/mol. The van der Waals surface area contributed by atoms with Crippen molar-refractivity contribution >= 4 is 17.7 Å². The second kappa shape index (κ2) is 9.51. The van der Waals surface area contributed by atoms with E-state index < -0.39 is 5.41 Å². The van der Waals surface area contributed by atoms with E-state index in [9.17, 15) is 9.59 Å². The zero-order valence-corrected chi connectivity index (χ0v) is 18.8. The number of aryl methyl sites for hydroxylation is 2. The van der Waals surface area contributed by atoms with Crippen LogP contribution in [0.15, 0.2) is 48.8 Å². The van der Waals surface area contributed by atoms with Crippen molar-refractivity contribution in [2.45, 2.75) is 46.0 Å². The number of rotatable bonds is 7. The number of esters is 1. The van der Waals surface area contributed by atoms with E-state index in [1.54, 1.807) is 27.8 Å². The smallest absolute Gasteiger partial charge is 0.313 e. The molecule has 1 saturated heterocycles. The minimum Gasteiger partial charge on any atom is -0.466 e. The highest BCUT2D eigenvalue weighted by molar-refractivity contribution is 5.95. The number of imidazole rings is 1. The van der Waals surface area contributed by atoms with Gasteiger partial charge in [-0.2, -0.15) is 0 Å². The van der Waals surface area contributed by atoms with Gasteiger partial charge >= 0.3 is 5.97 Å². The molecular weight excluding hydrogens is 404 g/mol. The van der Waals surface area contributed by atoms with Crippen molar-refractivity contribution in [2.75, 3.05) is 19.7 Å². The van der Waals surface area contributed by atoms with Crippen LogP contribution in [0.4, 0.5) is 0 Å². The molecule has 0 radical (unpaired) electrons. The molecule has 1 aromatic carbocycles. The third-order valence-electron chi connectivity index (χ3n) is 6.32. The van der Waals surface area contributed by atoms with E-state index in [1.165, 1.54) is 5.56 Å². The number of likely N-dealkylation sites (tertiary alicyclic amines) is 1. The van der Waals surface area contributed by atoms with Crippen molar-refractivity contribution in [3.05, 3.63) is 65.7 Å². The molecule has 168 valence electrons. The van der Waals surface area contributed by atoms with Crippen LogP contribution in [0.3, 0.4) is 0 Å². The van der Waals surface area contributed by atoms with Gasteiger partial charge in [-0.3, -0.25) is 14.0 Å². The highest BCUT2D eigenvalue weighted by Crippen LogP contribution is 2.37. The summed E-state index contributed by atoms with van der Waals surface area (Å²) in [5.41, 5.74) is 1.73. The SMILES string of the molecule is CCOC(=O)C1(CCCc2ccccc2)CCCN(C(=O)c2c(C)nc3ncccn23)C1. The Balaban J connectivity index is 1.55. The van der Waals surface area contributed by atoms with E-state index in [0.717, 1.165) is 25.7 Å². The van der Waals surface area contributed by atoms with Crippen molar-refractivity contribution in [1.29, 1.82) is 0 Å². The highest BCUT2D eigenvalue weighted by Gasteiger charge is 2.44. The highest BCUT2D eigenvalue weighted by atomic mass is 16.5. The van der Waals surface area contributed by atoms with Crippen LogP contribution in [0.25, 0.3) is 5.78 Å². The van der Waals surface area contributed by atoms with Gasteiger partial charge in [0.1, 0.15) is 5.69 Å². The van der Waals surface area contributed by atoms with Crippen LogP contribution >= 0.6 is 0 Å². The first-order valence-electron chi connectivity index (χ1n) is 11.3. The summed E-state index contributed by atoms with van der Waals surface area (Å²) in [6.45, 7) is 4.98. The third kappa shape index (κ3) is 4.38. The lowest BCUT2D eigenvalue weighted by Crippen LogP contribution is -2.51. The van der Waals surface area contributed by atoms with Crippen LogP contribution in [0.1, 0.15) is 54.4 Å². The van der Waals surface area contributed by atoms with Gasteiger partial charge in [-0.1, -0.05) is 30.3 Å². The summed E-state index contributed by atoms with van der Waals surface area (Å²) in [5, 5.41) is 0. The quantitative estimate of drug-likeness (QED) is 0.528. The molecule has 3 aromatic rings. The van der Waals surface area contributed by atoms with Crippen LogP contribution in [0.2, 0.25) is 0 Å². The Bertz CT molecular complexity index is 1100. The fraction of sp³-hybridized carbons (Fsp3) is 0.440. The molecule has 0 bridgehead atoms. The number of nitrogens with zero attached hydrogens (tertiary/aromatic N) is 4. The van der Waals surface area contributed by atoms with Gasteiger partial charge in [0.15, 0.2) is 0 Å². The average Bonchev–Trinajstić information content (AvgIpc) is 3.15. The minimum atomic E-state index is -0.675. The molecule has 2 aromatic heterocycles. The number of carbonyl (C=O) groups excluding carboxylic acids is 2. The maximum absolute atomic E-state index is 13.5. The van der Waals surface area contributed by atoms with Crippen molar-refractivity contribution in [3.63, 3.8) is 0 Å². The molecule has 1 atom stereocenters. The molecule has 1 aliphatic rings. The maximum atomic E-state index is 13.5. The lowest BCUT2D eigenvalue weighted by Gasteiger charge is -2.41. The predicted octanol–water partition coefficient (Wildman–Crippen LogP) is 3.85. The Hall–Kier alpha value is -3.22. The molecule has 1 fully saturated rings. The van der Waals surface area contributed by atoms with Gasteiger partial charge in [0.05, 0.1) is 17.7 Å². The molecule has 3 heterocycles. The number of amides is 1. The van der Waals surface area contributed by atoms with E-state index in [2.05, 4.69) is 22.1 Å². The Kier molecular flexibility index (Phi) is 6.53. The first kappa shape index (κ1) is 22.0. The fourth-order valence-electron chi connectivity index (χ4n) is 4.74. The number of piperidine rings is 1. The second-order valence-corrected chi connectivity index (χ2v) is 8.51. The zero-order valence-electron chi connectivity index (χ0n) is 18.8. The minimum absolute atomic E-state index is 0.112. The number of benzene rings is 1. The first-order chi connectivity index (χ1) is 15.5. The van der Waals surface area contributed by atoms with Crippen LogP contribution in [0, 0.1) is 12.3 Å². The van der Waals surface area contributed by atoms with Gasteiger partial charge in [-0.05, 0) is 57.6 Å². The summed E-state index contributed by atoms with van der Waals surface area (Å²) in [4.78, 5) is 37.1. The van der Waals surface area contributed by atoms with E-state index in [4.69, 9.17) is 4.74 Å². The molecule has 0 saturated carbocycles. The van der Waals surface area contributed by atoms with Gasteiger partial charge in [-0.15, -0.1) is 0 Å². The van der Waals surface area contributed by atoms with Crippen molar-refractivity contribution in [3.8, 4) is 0 Å². The Morgan fingerprint density at radius 2 is 2.00 bits per heavy atom. The van der Waals surface area contributed by atoms with Gasteiger partial charge in [-0.25, -0.2) is 9.97 Å². The van der Waals surface area contributed by atoms with Crippen LogP contribution in [-0.4, -0.2) is 50.8 Å². The average molecular weight is 435 g/mol. The monoisotopic (exact) mass is 434 g/mol. The van der Waals surface area contributed by atoms with Crippen LogP contribution in [-0.2, 0) is 16.0 Å². The number of fused-ring (bicyclic) bond motifs is 1. The molecule has 1 amide bonds. The maximum Gasteiger partial charge on any atom is 0.313 e. The van der Waals surface area contributed by atoms with Gasteiger partial charge in [0, 0.05) is 25.5 Å². The Labute approximate surface area is 188 Å². The number of ether oxygens (including phenoxy) is 1. The summed E-state index contributed by atoms with van der Waals surface area (Å²) >= 11 is 0. The Morgan fingerprint density at radius 1 is 1.19 bits per heavy atom. The van der Waals surface area contributed by atoms with E-state index in [-0.39, 0.29) is 11.9 Å². The summed E-state index contributed by atoms with van der Waals surface area (Å²) < 4.78 is 7.23. The molecule has 0 aliphatic carbocycles. The number of aromatic nitrogens is 3. The lowest BCUT2D eigenvalue weighted by atomic mass is 9.75. The van der Waals surface area contributed by atoms with Gasteiger partial charge in [0.2, 0.25) is 5.78 Å². The van der Waals surface area contributed by atoms with Gasteiger partial charge in [0.25, 0.3) is 5.91 Å². The summed E-state index contributed by atoms with van der Waals surface area (Å²) in [6.07, 6.45) is 7.42. The standard InChI is InChI=1S/C25H30N4O3/c1-3-32-23(31)25(13-7-12-20-10-5-4-6-11-20)14-8-16-28(18-25)22(30)21-19(2)27-24-26-15-9-17-29(21)24/h4-6,9-11,15,17H,3,7-8,12-14,16,18H2,1-2H3.